The highest BCUT2D eigenvalue weighted by atomic mass is 32.2. The van der Waals surface area contributed by atoms with Crippen LogP contribution in [0.4, 0.5) is 11.4 Å². The number of carbonyl (C=O) groups is 2. The van der Waals surface area contributed by atoms with E-state index in [4.69, 9.17) is 4.74 Å². The Morgan fingerprint density at radius 1 is 1.14 bits per heavy atom. The molecule has 0 radical (unpaired) electrons. The summed E-state index contributed by atoms with van der Waals surface area (Å²) in [5.41, 5.74) is 1.97. The van der Waals surface area contributed by atoms with E-state index in [1.165, 1.54) is 21.0 Å². The molecule has 0 heterocycles. The van der Waals surface area contributed by atoms with Crippen LogP contribution in [0.1, 0.15) is 29.8 Å². The SMILES string of the molecule is COc1ccc(C)cc1N([C@H](C)C(=O)Nc1cccc(C(C)=O)c1)S(C)(=O)=O. The van der Waals surface area contributed by atoms with Crippen molar-refractivity contribution in [3.8, 4) is 5.75 Å². The van der Waals surface area contributed by atoms with Crippen LogP contribution in [0.15, 0.2) is 42.5 Å². The van der Waals surface area contributed by atoms with E-state index in [1.54, 1.807) is 42.5 Å². The molecule has 2 aromatic rings. The summed E-state index contributed by atoms with van der Waals surface area (Å²) >= 11 is 0. The van der Waals surface area contributed by atoms with E-state index in [1.807, 2.05) is 6.92 Å². The van der Waals surface area contributed by atoms with Crippen LogP contribution >= 0.6 is 0 Å². The fourth-order valence-corrected chi connectivity index (χ4v) is 3.99. The lowest BCUT2D eigenvalue weighted by Gasteiger charge is -2.29. The summed E-state index contributed by atoms with van der Waals surface area (Å²) in [5, 5.41) is 2.67. The maximum atomic E-state index is 12.8. The van der Waals surface area contributed by atoms with Gasteiger partial charge in [-0.3, -0.25) is 13.9 Å². The van der Waals surface area contributed by atoms with Gasteiger partial charge in [-0.05, 0) is 50.6 Å². The van der Waals surface area contributed by atoms with Gasteiger partial charge in [-0.25, -0.2) is 8.42 Å². The number of ether oxygens (including phenoxy) is 1. The second-order valence-electron chi connectivity index (χ2n) is 6.54. The number of benzene rings is 2. The van der Waals surface area contributed by atoms with Gasteiger partial charge in [0.1, 0.15) is 11.8 Å². The fourth-order valence-electron chi connectivity index (χ4n) is 2.82. The number of hydrogen-bond acceptors (Lipinski definition) is 5. The number of aryl methyl sites for hydroxylation is 1. The molecule has 0 aliphatic rings. The molecule has 0 aliphatic carbocycles. The Bertz CT molecular complexity index is 1000. The Labute approximate surface area is 165 Å². The first-order chi connectivity index (χ1) is 13.0. The van der Waals surface area contributed by atoms with Crippen LogP contribution in [0, 0.1) is 6.92 Å². The highest BCUT2D eigenvalue weighted by Gasteiger charge is 2.31. The number of nitrogens with zero attached hydrogens (tertiary/aromatic N) is 1. The fraction of sp³-hybridized carbons (Fsp3) is 0.300. The van der Waals surface area contributed by atoms with E-state index < -0.39 is 22.0 Å². The molecule has 7 nitrogen and oxygen atoms in total. The first kappa shape index (κ1) is 21.4. The highest BCUT2D eigenvalue weighted by Crippen LogP contribution is 2.32. The molecule has 0 saturated carbocycles. The zero-order valence-corrected chi connectivity index (χ0v) is 17.3. The van der Waals surface area contributed by atoms with Crippen LogP contribution in [0.3, 0.4) is 0 Å². The Morgan fingerprint density at radius 3 is 2.39 bits per heavy atom. The number of Topliss-reactive ketones (excluding diaryl/α,β-unsaturated/α-hetero) is 1. The van der Waals surface area contributed by atoms with E-state index in [-0.39, 0.29) is 11.5 Å². The van der Waals surface area contributed by atoms with Gasteiger partial charge in [-0.2, -0.15) is 0 Å². The van der Waals surface area contributed by atoms with Crippen molar-refractivity contribution in [2.24, 2.45) is 0 Å². The van der Waals surface area contributed by atoms with Crippen molar-refractivity contribution in [2.45, 2.75) is 26.8 Å². The molecule has 150 valence electrons. The van der Waals surface area contributed by atoms with Crippen LogP contribution in [0.2, 0.25) is 0 Å². The van der Waals surface area contributed by atoms with E-state index in [2.05, 4.69) is 5.32 Å². The Kier molecular flexibility index (Phi) is 6.45. The number of nitrogens with one attached hydrogen (secondary N) is 1. The quantitative estimate of drug-likeness (QED) is 0.716. The monoisotopic (exact) mass is 404 g/mol. The van der Waals surface area contributed by atoms with Crippen LogP contribution < -0.4 is 14.4 Å². The topological polar surface area (TPSA) is 92.8 Å². The van der Waals surface area contributed by atoms with Crippen molar-refractivity contribution in [1.82, 2.24) is 0 Å². The molecular weight excluding hydrogens is 380 g/mol. The minimum Gasteiger partial charge on any atom is -0.495 e. The highest BCUT2D eigenvalue weighted by molar-refractivity contribution is 7.92. The lowest BCUT2D eigenvalue weighted by molar-refractivity contribution is -0.116. The molecule has 0 bridgehead atoms. The van der Waals surface area contributed by atoms with Crippen LogP contribution in [-0.2, 0) is 14.8 Å². The predicted octanol–water partition coefficient (Wildman–Crippen LogP) is 3.00. The Balaban J connectivity index is 2.40. The number of carbonyl (C=O) groups excluding carboxylic acids is 2. The van der Waals surface area contributed by atoms with Crippen molar-refractivity contribution < 1.29 is 22.7 Å². The van der Waals surface area contributed by atoms with Gasteiger partial charge < -0.3 is 10.1 Å². The molecule has 0 spiro atoms. The molecule has 0 saturated heterocycles. The molecule has 0 aromatic heterocycles. The third-order valence-corrected chi connectivity index (χ3v) is 5.42. The molecule has 28 heavy (non-hydrogen) atoms. The number of hydrogen-bond donors (Lipinski definition) is 1. The summed E-state index contributed by atoms with van der Waals surface area (Å²) in [6.45, 7) is 4.74. The molecule has 2 aromatic carbocycles. The van der Waals surface area contributed by atoms with Crippen molar-refractivity contribution in [3.05, 3.63) is 53.6 Å². The molecule has 1 atom stereocenters. The third kappa shape index (κ3) is 4.89. The number of rotatable bonds is 7. The number of sulfonamides is 1. The van der Waals surface area contributed by atoms with Gasteiger partial charge in [-0.15, -0.1) is 0 Å². The summed E-state index contributed by atoms with van der Waals surface area (Å²) in [6.07, 6.45) is 1.04. The van der Waals surface area contributed by atoms with Crippen molar-refractivity contribution in [2.75, 3.05) is 23.0 Å². The number of amides is 1. The second-order valence-corrected chi connectivity index (χ2v) is 8.40. The molecule has 0 fully saturated rings. The summed E-state index contributed by atoms with van der Waals surface area (Å²) in [7, 11) is -2.35. The molecule has 1 N–H and O–H groups in total. The molecule has 1 amide bonds. The van der Waals surface area contributed by atoms with E-state index in [0.717, 1.165) is 16.1 Å². The number of anilines is 2. The van der Waals surface area contributed by atoms with Gasteiger partial charge in [0.25, 0.3) is 0 Å². The van der Waals surface area contributed by atoms with Gasteiger partial charge in [-0.1, -0.05) is 18.2 Å². The van der Waals surface area contributed by atoms with E-state index >= 15 is 0 Å². The Morgan fingerprint density at radius 2 is 1.82 bits per heavy atom. The van der Waals surface area contributed by atoms with E-state index in [9.17, 15) is 18.0 Å². The molecule has 2 rings (SSSR count). The normalized spacial score (nSPS) is 12.2. The molecule has 0 aliphatic heterocycles. The second kappa shape index (κ2) is 8.43. The summed E-state index contributed by atoms with van der Waals surface area (Å²) in [6, 6.07) is 10.5. The molecule has 8 heteroatoms. The van der Waals surface area contributed by atoms with Gasteiger partial charge >= 0.3 is 0 Å². The summed E-state index contributed by atoms with van der Waals surface area (Å²) in [5.74, 6) is -0.324. The van der Waals surface area contributed by atoms with Crippen molar-refractivity contribution in [3.63, 3.8) is 0 Å². The maximum Gasteiger partial charge on any atom is 0.247 e. The van der Waals surface area contributed by atoms with Gasteiger partial charge in [0.15, 0.2) is 5.78 Å². The average molecular weight is 404 g/mol. The van der Waals surface area contributed by atoms with Gasteiger partial charge in [0.2, 0.25) is 15.9 Å². The minimum absolute atomic E-state index is 0.133. The lowest BCUT2D eigenvalue weighted by Crippen LogP contribution is -2.45. The summed E-state index contributed by atoms with van der Waals surface area (Å²) < 4.78 is 31.3. The molecular formula is C20H24N2O5S. The predicted molar refractivity (Wildman–Crippen MR) is 110 cm³/mol. The van der Waals surface area contributed by atoms with Gasteiger partial charge in [0.05, 0.1) is 19.1 Å². The molecule has 0 unspecified atom stereocenters. The zero-order valence-electron chi connectivity index (χ0n) is 16.5. The average Bonchev–Trinajstić information content (AvgIpc) is 2.61. The summed E-state index contributed by atoms with van der Waals surface area (Å²) in [4.78, 5) is 24.3. The standard InChI is InChI=1S/C20H24N2O5S/c1-13-9-10-19(27-4)18(11-13)22(28(5,25)26)14(2)20(24)21-17-8-6-7-16(12-17)15(3)23/h6-12,14H,1-5H3,(H,21,24)/t14-/m1/s1. The number of methoxy groups -OCH3 is 1. The lowest BCUT2D eigenvalue weighted by atomic mass is 10.1. The smallest absolute Gasteiger partial charge is 0.247 e. The maximum absolute atomic E-state index is 12.8. The first-order valence-electron chi connectivity index (χ1n) is 8.60. The van der Waals surface area contributed by atoms with Crippen molar-refractivity contribution >= 4 is 33.1 Å². The van der Waals surface area contributed by atoms with Crippen LogP contribution in [-0.4, -0.2) is 39.5 Å². The third-order valence-electron chi connectivity index (χ3n) is 4.20. The Hall–Kier alpha value is -2.87. The van der Waals surface area contributed by atoms with Crippen molar-refractivity contribution in [1.29, 1.82) is 0 Å². The zero-order chi connectivity index (χ0) is 21.1. The van der Waals surface area contributed by atoms with Crippen LogP contribution in [0.5, 0.6) is 5.75 Å². The number of ketones is 1. The van der Waals surface area contributed by atoms with E-state index in [0.29, 0.717) is 17.0 Å². The first-order valence-corrected chi connectivity index (χ1v) is 10.5. The largest absolute Gasteiger partial charge is 0.495 e. The van der Waals surface area contributed by atoms with Gasteiger partial charge in [0, 0.05) is 11.3 Å². The van der Waals surface area contributed by atoms with Crippen LogP contribution in [0.25, 0.3) is 0 Å². The minimum atomic E-state index is -3.79.